The van der Waals surface area contributed by atoms with Crippen LogP contribution in [0.5, 0.6) is 0 Å². The van der Waals surface area contributed by atoms with Crippen LogP contribution in [-0.4, -0.2) is 46.2 Å². The summed E-state index contributed by atoms with van der Waals surface area (Å²) in [6.45, 7) is 4.40. The fourth-order valence-corrected chi connectivity index (χ4v) is 7.08. The van der Waals surface area contributed by atoms with Crippen molar-refractivity contribution in [2.24, 2.45) is 34.5 Å². The highest BCUT2D eigenvalue weighted by molar-refractivity contribution is 5.70. The monoisotopic (exact) mass is 338 g/mol. The number of hydrogen-bond acceptors (Lipinski definition) is 5. The lowest BCUT2D eigenvalue weighted by Gasteiger charge is -2.61. The molecule has 3 saturated carbocycles. The molecule has 3 aliphatic carbocycles. The molecule has 0 aromatic rings. The largest absolute Gasteiger partial charge is 0.465 e. The maximum Gasteiger partial charge on any atom is 0.306 e. The summed E-state index contributed by atoms with van der Waals surface area (Å²) >= 11 is 0. The smallest absolute Gasteiger partial charge is 0.306 e. The molecule has 24 heavy (non-hydrogen) atoms. The van der Waals surface area contributed by atoms with Gasteiger partial charge in [0.25, 0.3) is 0 Å². The van der Waals surface area contributed by atoms with Crippen LogP contribution in [0.15, 0.2) is 0 Å². The van der Waals surface area contributed by atoms with Gasteiger partial charge in [0.1, 0.15) is 0 Å². The molecule has 4 rings (SSSR count). The predicted molar refractivity (Wildman–Crippen MR) is 86.9 cm³/mol. The van der Waals surface area contributed by atoms with Crippen LogP contribution in [0.2, 0.25) is 0 Å². The van der Waals surface area contributed by atoms with Crippen molar-refractivity contribution in [3.63, 3.8) is 0 Å². The van der Waals surface area contributed by atoms with E-state index in [1.54, 1.807) is 0 Å². The van der Waals surface area contributed by atoms with Crippen LogP contribution in [0.1, 0.15) is 52.4 Å². The first kappa shape index (κ1) is 16.8. The standard InChI is InChI=1S/C19H30O5/c1-17-10-24-15(22)7-11(17)3-4-12-13-5-6-19(23,9-20)18(13,2)8-14(21)16(12)17/h11-14,16,20-21,23H,3-10H2,1-2H3/t11-,12-,13-,14-,16+,17-,18-,19+/m0/s1. The van der Waals surface area contributed by atoms with Crippen molar-refractivity contribution >= 4 is 5.97 Å². The molecule has 4 fully saturated rings. The van der Waals surface area contributed by atoms with Gasteiger partial charge in [0.15, 0.2) is 0 Å². The van der Waals surface area contributed by atoms with Gasteiger partial charge in [0, 0.05) is 17.3 Å². The zero-order valence-corrected chi connectivity index (χ0v) is 14.7. The van der Waals surface area contributed by atoms with E-state index >= 15 is 0 Å². The van der Waals surface area contributed by atoms with Gasteiger partial charge in [-0.1, -0.05) is 13.8 Å². The van der Waals surface area contributed by atoms with Gasteiger partial charge in [-0.25, -0.2) is 0 Å². The Kier molecular flexibility index (Phi) is 3.63. The molecule has 1 saturated heterocycles. The van der Waals surface area contributed by atoms with Gasteiger partial charge in [-0.05, 0) is 55.8 Å². The van der Waals surface area contributed by atoms with Gasteiger partial charge in [-0.15, -0.1) is 0 Å². The average molecular weight is 338 g/mol. The maximum absolute atomic E-state index is 11.7. The summed E-state index contributed by atoms with van der Waals surface area (Å²) < 4.78 is 5.41. The van der Waals surface area contributed by atoms with E-state index in [2.05, 4.69) is 13.8 Å². The van der Waals surface area contributed by atoms with Crippen molar-refractivity contribution in [3.8, 4) is 0 Å². The van der Waals surface area contributed by atoms with Crippen molar-refractivity contribution < 1.29 is 24.9 Å². The van der Waals surface area contributed by atoms with Gasteiger partial charge < -0.3 is 20.1 Å². The Labute approximate surface area is 143 Å². The van der Waals surface area contributed by atoms with E-state index in [-0.39, 0.29) is 29.8 Å². The molecular weight excluding hydrogens is 308 g/mol. The van der Waals surface area contributed by atoms with E-state index < -0.39 is 17.1 Å². The third kappa shape index (κ3) is 1.95. The van der Waals surface area contributed by atoms with Crippen molar-refractivity contribution in [1.82, 2.24) is 0 Å². The Morgan fingerprint density at radius 3 is 2.71 bits per heavy atom. The molecule has 4 aliphatic rings. The molecule has 0 aromatic carbocycles. The third-order valence-corrected chi connectivity index (χ3v) is 8.54. The maximum atomic E-state index is 11.7. The van der Waals surface area contributed by atoms with Crippen molar-refractivity contribution in [2.75, 3.05) is 13.2 Å². The highest BCUT2D eigenvalue weighted by atomic mass is 16.5. The number of esters is 1. The fraction of sp³-hybridized carbons (Fsp3) is 0.947. The molecule has 0 aromatic heterocycles. The number of aliphatic hydroxyl groups excluding tert-OH is 2. The van der Waals surface area contributed by atoms with Crippen LogP contribution in [-0.2, 0) is 9.53 Å². The molecule has 5 heteroatoms. The number of ether oxygens (including phenoxy) is 1. The molecule has 1 aliphatic heterocycles. The average Bonchev–Trinajstić information content (AvgIpc) is 2.79. The highest BCUT2D eigenvalue weighted by Gasteiger charge is 2.67. The molecule has 0 unspecified atom stereocenters. The molecule has 5 nitrogen and oxygen atoms in total. The Bertz CT molecular complexity index is 550. The van der Waals surface area contributed by atoms with Gasteiger partial charge >= 0.3 is 5.97 Å². The zero-order chi connectivity index (χ0) is 17.3. The topological polar surface area (TPSA) is 87.0 Å². The lowest BCUT2D eigenvalue weighted by molar-refractivity contribution is -0.218. The summed E-state index contributed by atoms with van der Waals surface area (Å²) in [5.41, 5.74) is -1.69. The summed E-state index contributed by atoms with van der Waals surface area (Å²) in [6, 6.07) is 0. The minimum Gasteiger partial charge on any atom is -0.465 e. The van der Waals surface area contributed by atoms with Crippen LogP contribution in [0.4, 0.5) is 0 Å². The van der Waals surface area contributed by atoms with Crippen molar-refractivity contribution in [2.45, 2.75) is 64.1 Å². The summed E-state index contributed by atoms with van der Waals surface area (Å²) in [5.74, 6) is 0.943. The minimum atomic E-state index is -1.08. The van der Waals surface area contributed by atoms with E-state index in [0.29, 0.717) is 37.7 Å². The lowest BCUT2D eigenvalue weighted by Crippen LogP contribution is -2.63. The van der Waals surface area contributed by atoms with Crippen LogP contribution >= 0.6 is 0 Å². The Morgan fingerprint density at radius 2 is 2.00 bits per heavy atom. The summed E-state index contributed by atoms with van der Waals surface area (Å²) in [6.07, 6.45) is 3.97. The Balaban J connectivity index is 1.70. The summed E-state index contributed by atoms with van der Waals surface area (Å²) in [5, 5.41) is 31.8. The second-order valence-electron chi connectivity index (χ2n) is 9.36. The summed E-state index contributed by atoms with van der Waals surface area (Å²) in [4.78, 5) is 11.7. The van der Waals surface area contributed by atoms with Crippen molar-refractivity contribution in [3.05, 3.63) is 0 Å². The van der Waals surface area contributed by atoms with E-state index in [1.165, 1.54) is 0 Å². The highest BCUT2D eigenvalue weighted by Crippen LogP contribution is 2.67. The minimum absolute atomic E-state index is 0.110. The number of rotatable bonds is 1. The molecule has 8 atom stereocenters. The first-order chi connectivity index (χ1) is 11.2. The molecule has 0 bridgehead atoms. The number of hydrogen-bond donors (Lipinski definition) is 3. The first-order valence-electron chi connectivity index (χ1n) is 9.42. The van der Waals surface area contributed by atoms with Crippen LogP contribution in [0.3, 0.4) is 0 Å². The second-order valence-corrected chi connectivity index (χ2v) is 9.36. The molecular formula is C19H30O5. The molecule has 136 valence electrons. The number of carbonyl (C=O) groups excluding carboxylic acids is 1. The van der Waals surface area contributed by atoms with E-state index in [1.807, 2.05) is 0 Å². The molecule has 0 radical (unpaired) electrons. The Morgan fingerprint density at radius 1 is 1.25 bits per heavy atom. The van der Waals surface area contributed by atoms with Gasteiger partial charge in [0.05, 0.1) is 24.9 Å². The fourth-order valence-electron chi connectivity index (χ4n) is 7.08. The number of fused-ring (bicyclic) bond motifs is 5. The quantitative estimate of drug-likeness (QED) is 0.631. The molecule has 1 heterocycles. The number of aliphatic hydroxyl groups is 3. The van der Waals surface area contributed by atoms with Gasteiger partial charge in [-0.3, -0.25) is 4.79 Å². The molecule has 0 spiro atoms. The summed E-state index contributed by atoms with van der Waals surface area (Å²) in [7, 11) is 0. The number of carbonyl (C=O) groups is 1. The van der Waals surface area contributed by atoms with Crippen LogP contribution < -0.4 is 0 Å². The van der Waals surface area contributed by atoms with Gasteiger partial charge in [0.2, 0.25) is 0 Å². The number of cyclic esters (lactones) is 1. The van der Waals surface area contributed by atoms with Crippen LogP contribution in [0, 0.1) is 34.5 Å². The molecule has 3 N–H and O–H groups in total. The van der Waals surface area contributed by atoms with Gasteiger partial charge in [-0.2, -0.15) is 0 Å². The Hall–Kier alpha value is -0.650. The van der Waals surface area contributed by atoms with E-state index in [0.717, 1.165) is 19.3 Å². The van der Waals surface area contributed by atoms with E-state index in [4.69, 9.17) is 4.74 Å². The second kappa shape index (κ2) is 5.18. The predicted octanol–water partition coefficient (Wildman–Crippen LogP) is 1.49. The van der Waals surface area contributed by atoms with E-state index in [9.17, 15) is 20.1 Å². The van der Waals surface area contributed by atoms with Crippen molar-refractivity contribution in [1.29, 1.82) is 0 Å². The zero-order valence-electron chi connectivity index (χ0n) is 14.7. The van der Waals surface area contributed by atoms with Crippen LogP contribution in [0.25, 0.3) is 0 Å². The molecule has 0 amide bonds. The first-order valence-corrected chi connectivity index (χ1v) is 9.42. The normalized spacial score (nSPS) is 56.9. The lowest BCUT2D eigenvalue weighted by atomic mass is 9.45. The SMILES string of the molecule is C[C@]12COC(=O)C[C@@H]1CC[C@@H]1[C@@H]2[C@@H](O)C[C@@]2(C)[C@H]1CC[C@@]2(O)CO. The third-order valence-electron chi connectivity index (χ3n) is 8.54.